The molecule has 0 radical (unpaired) electrons. The number of fused-ring (bicyclic) bond motifs is 2. The molecular formula is C28H24N2OS. The van der Waals surface area contributed by atoms with Crippen molar-refractivity contribution in [3.8, 4) is 0 Å². The average Bonchev–Trinajstić information content (AvgIpc) is 2.83. The Kier molecular flexibility index (Phi) is 6.06. The Balaban J connectivity index is 1.45. The molecule has 1 aliphatic rings. The van der Waals surface area contributed by atoms with Crippen LogP contribution < -0.4 is 4.90 Å². The molecule has 0 fully saturated rings. The Labute approximate surface area is 193 Å². The molecule has 5 rings (SSSR count). The van der Waals surface area contributed by atoms with Gasteiger partial charge in [-0.3, -0.25) is 14.6 Å². The third kappa shape index (κ3) is 4.47. The van der Waals surface area contributed by atoms with E-state index in [1.807, 2.05) is 77.7 Å². The minimum absolute atomic E-state index is 0.0806. The summed E-state index contributed by atoms with van der Waals surface area (Å²) in [6.45, 7) is 1.76. The van der Waals surface area contributed by atoms with Gasteiger partial charge >= 0.3 is 0 Å². The van der Waals surface area contributed by atoms with Crippen molar-refractivity contribution in [1.29, 1.82) is 0 Å². The van der Waals surface area contributed by atoms with Gasteiger partial charge < -0.3 is 0 Å². The highest BCUT2D eigenvalue weighted by Gasteiger charge is 2.28. The standard InChI is InChI=1S/C28H24N2OS/c31-28(30-24-15-7-9-17-26(24)32-27-18-10-8-16-25(27)30)21-29(19-22-11-3-1-4-12-22)20-23-13-5-2-6-14-23/h1-18H,19-21H2. The second-order valence-electron chi connectivity index (χ2n) is 7.88. The molecule has 0 aliphatic carbocycles. The van der Waals surface area contributed by atoms with Crippen LogP contribution in [0.1, 0.15) is 11.1 Å². The lowest BCUT2D eigenvalue weighted by atomic mass is 10.1. The summed E-state index contributed by atoms with van der Waals surface area (Å²) in [6.07, 6.45) is 0. The highest BCUT2D eigenvalue weighted by Crippen LogP contribution is 2.47. The number of nitrogens with zero attached hydrogens (tertiary/aromatic N) is 2. The van der Waals surface area contributed by atoms with E-state index in [1.54, 1.807) is 11.8 Å². The van der Waals surface area contributed by atoms with Crippen LogP contribution in [0.4, 0.5) is 11.4 Å². The fourth-order valence-electron chi connectivity index (χ4n) is 4.09. The number of rotatable bonds is 6. The smallest absolute Gasteiger partial charge is 0.245 e. The molecule has 32 heavy (non-hydrogen) atoms. The molecule has 0 saturated heterocycles. The molecule has 4 aromatic rings. The van der Waals surface area contributed by atoms with Crippen molar-refractivity contribution in [3.63, 3.8) is 0 Å². The van der Waals surface area contributed by atoms with Gasteiger partial charge in [0.05, 0.1) is 17.9 Å². The molecule has 3 nitrogen and oxygen atoms in total. The van der Waals surface area contributed by atoms with Crippen molar-refractivity contribution in [3.05, 3.63) is 120 Å². The van der Waals surface area contributed by atoms with Gasteiger partial charge in [-0.05, 0) is 35.4 Å². The second-order valence-corrected chi connectivity index (χ2v) is 8.97. The fraction of sp³-hybridized carbons (Fsp3) is 0.107. The van der Waals surface area contributed by atoms with Crippen LogP contribution >= 0.6 is 11.8 Å². The molecule has 0 bridgehead atoms. The highest BCUT2D eigenvalue weighted by molar-refractivity contribution is 7.99. The maximum Gasteiger partial charge on any atom is 0.245 e. The van der Waals surface area contributed by atoms with Crippen LogP contribution in [0.2, 0.25) is 0 Å². The van der Waals surface area contributed by atoms with E-state index in [4.69, 9.17) is 0 Å². The lowest BCUT2D eigenvalue weighted by molar-refractivity contribution is -0.119. The van der Waals surface area contributed by atoms with E-state index in [9.17, 15) is 4.79 Å². The summed E-state index contributed by atoms with van der Waals surface area (Å²) in [5, 5.41) is 0. The Morgan fingerprint density at radius 2 is 1.06 bits per heavy atom. The molecule has 4 heteroatoms. The summed E-state index contributed by atoms with van der Waals surface area (Å²) in [7, 11) is 0. The number of benzene rings is 4. The fourth-order valence-corrected chi connectivity index (χ4v) is 5.14. The average molecular weight is 437 g/mol. The molecular weight excluding hydrogens is 412 g/mol. The van der Waals surface area contributed by atoms with Crippen LogP contribution in [0, 0.1) is 0 Å². The predicted molar refractivity (Wildman–Crippen MR) is 131 cm³/mol. The summed E-state index contributed by atoms with van der Waals surface area (Å²) in [5.74, 6) is 0.0806. The second kappa shape index (κ2) is 9.43. The summed E-state index contributed by atoms with van der Waals surface area (Å²) >= 11 is 1.72. The van der Waals surface area contributed by atoms with Crippen molar-refractivity contribution in [2.75, 3.05) is 11.4 Å². The predicted octanol–water partition coefficient (Wildman–Crippen LogP) is 6.52. The first-order valence-corrected chi connectivity index (χ1v) is 11.6. The molecule has 0 atom stereocenters. The van der Waals surface area contributed by atoms with Crippen molar-refractivity contribution < 1.29 is 4.79 Å². The number of amides is 1. The number of para-hydroxylation sites is 2. The molecule has 1 aliphatic heterocycles. The molecule has 158 valence electrons. The monoisotopic (exact) mass is 436 g/mol. The first kappa shape index (κ1) is 20.6. The molecule has 0 unspecified atom stereocenters. The van der Waals surface area contributed by atoms with Gasteiger partial charge in [-0.2, -0.15) is 0 Å². The van der Waals surface area contributed by atoms with E-state index < -0.39 is 0 Å². The maximum absolute atomic E-state index is 13.8. The van der Waals surface area contributed by atoms with Gasteiger partial charge in [0, 0.05) is 22.9 Å². The Hall–Kier alpha value is -3.34. The number of hydrogen-bond acceptors (Lipinski definition) is 3. The van der Waals surface area contributed by atoms with E-state index in [1.165, 1.54) is 11.1 Å². The SMILES string of the molecule is O=C(CN(Cc1ccccc1)Cc1ccccc1)N1c2ccccc2Sc2ccccc21. The maximum atomic E-state index is 13.8. The van der Waals surface area contributed by atoms with Crippen LogP contribution in [0.15, 0.2) is 119 Å². The van der Waals surface area contributed by atoms with Crippen molar-refractivity contribution in [2.45, 2.75) is 22.9 Å². The van der Waals surface area contributed by atoms with Crippen LogP contribution in [-0.4, -0.2) is 17.4 Å². The zero-order valence-electron chi connectivity index (χ0n) is 17.7. The van der Waals surface area contributed by atoms with Crippen molar-refractivity contribution >= 4 is 29.0 Å². The molecule has 1 amide bonds. The minimum atomic E-state index is 0.0806. The van der Waals surface area contributed by atoms with Crippen LogP contribution in [0.25, 0.3) is 0 Å². The van der Waals surface area contributed by atoms with E-state index in [0.29, 0.717) is 19.6 Å². The zero-order chi connectivity index (χ0) is 21.8. The van der Waals surface area contributed by atoms with Gasteiger partial charge in [-0.25, -0.2) is 0 Å². The van der Waals surface area contributed by atoms with Crippen LogP contribution in [0.5, 0.6) is 0 Å². The zero-order valence-corrected chi connectivity index (χ0v) is 18.5. The van der Waals surface area contributed by atoms with Crippen LogP contribution in [-0.2, 0) is 17.9 Å². The number of hydrogen-bond donors (Lipinski definition) is 0. The topological polar surface area (TPSA) is 23.6 Å². The van der Waals surface area contributed by atoms with Gasteiger partial charge in [0.25, 0.3) is 0 Å². The summed E-state index contributed by atoms with van der Waals surface area (Å²) < 4.78 is 0. The van der Waals surface area contributed by atoms with Gasteiger partial charge in [0.2, 0.25) is 5.91 Å². The van der Waals surface area contributed by atoms with Gasteiger partial charge in [-0.15, -0.1) is 0 Å². The first-order valence-electron chi connectivity index (χ1n) is 10.8. The molecule has 0 aromatic heterocycles. The van der Waals surface area contributed by atoms with Gasteiger partial charge in [0.1, 0.15) is 0 Å². The third-order valence-corrected chi connectivity index (χ3v) is 6.67. The van der Waals surface area contributed by atoms with E-state index >= 15 is 0 Å². The number of carbonyl (C=O) groups excluding carboxylic acids is 1. The van der Waals surface area contributed by atoms with E-state index in [-0.39, 0.29) is 5.91 Å². The molecule has 0 saturated carbocycles. The highest BCUT2D eigenvalue weighted by atomic mass is 32.2. The van der Waals surface area contributed by atoms with Gasteiger partial charge in [0.15, 0.2) is 0 Å². The van der Waals surface area contributed by atoms with Gasteiger partial charge in [-0.1, -0.05) is 96.7 Å². The van der Waals surface area contributed by atoms with Crippen LogP contribution in [0.3, 0.4) is 0 Å². The Morgan fingerprint density at radius 1 is 0.625 bits per heavy atom. The summed E-state index contributed by atoms with van der Waals surface area (Å²) in [4.78, 5) is 20.1. The molecule has 0 spiro atoms. The first-order chi connectivity index (χ1) is 15.8. The number of carbonyl (C=O) groups is 1. The van der Waals surface area contributed by atoms with E-state index in [2.05, 4.69) is 41.3 Å². The van der Waals surface area contributed by atoms with Crippen molar-refractivity contribution in [2.24, 2.45) is 0 Å². The largest absolute Gasteiger partial charge is 0.286 e. The van der Waals surface area contributed by atoms with E-state index in [0.717, 1.165) is 21.2 Å². The summed E-state index contributed by atoms with van der Waals surface area (Å²) in [5.41, 5.74) is 4.32. The Morgan fingerprint density at radius 3 is 1.56 bits per heavy atom. The minimum Gasteiger partial charge on any atom is -0.286 e. The summed E-state index contributed by atoms with van der Waals surface area (Å²) in [6, 6.07) is 37.0. The Bertz CT molecular complexity index is 1120. The quantitative estimate of drug-likeness (QED) is 0.344. The lowest BCUT2D eigenvalue weighted by Gasteiger charge is -2.33. The molecule has 0 N–H and O–H groups in total. The molecule has 4 aromatic carbocycles. The third-order valence-electron chi connectivity index (χ3n) is 5.54. The normalized spacial score (nSPS) is 12.3. The number of anilines is 2. The molecule has 1 heterocycles. The van der Waals surface area contributed by atoms with Crippen molar-refractivity contribution in [1.82, 2.24) is 4.90 Å². The lowest BCUT2D eigenvalue weighted by Crippen LogP contribution is -2.38.